The van der Waals surface area contributed by atoms with Gasteiger partial charge < -0.3 is 4.74 Å². The third kappa shape index (κ3) is 5.26. The molecule has 0 saturated carbocycles. The van der Waals surface area contributed by atoms with Crippen LogP contribution in [0.3, 0.4) is 0 Å². The van der Waals surface area contributed by atoms with E-state index in [0.29, 0.717) is 5.92 Å². The number of ether oxygens (including phenoxy) is 1. The van der Waals surface area contributed by atoms with E-state index >= 15 is 0 Å². The lowest BCUT2D eigenvalue weighted by atomic mass is 9.73. The fourth-order valence-electron chi connectivity index (χ4n) is 5.14. The van der Waals surface area contributed by atoms with Gasteiger partial charge in [-0.1, -0.05) is 55.8 Å². The standard InChI is InChI=1S/C28H32F2O/c1-2-3-20-4-6-21(7-5-20)22-8-10-23(11-9-22)24-12-14-25(15-13-24)26-16-17-28(31-19-29)27(30)18-26/h4-8,14,16-18,23-24H,2-3,9-13,15,19H2,1H3. The van der Waals surface area contributed by atoms with E-state index in [2.05, 4.69) is 48.1 Å². The molecule has 0 heterocycles. The van der Waals surface area contributed by atoms with Crippen molar-refractivity contribution in [1.29, 1.82) is 0 Å². The van der Waals surface area contributed by atoms with Crippen LogP contribution in [0.1, 0.15) is 68.6 Å². The quantitative estimate of drug-likeness (QED) is 0.437. The fourth-order valence-corrected chi connectivity index (χ4v) is 5.14. The molecule has 0 saturated heterocycles. The van der Waals surface area contributed by atoms with E-state index in [9.17, 15) is 8.78 Å². The first-order chi connectivity index (χ1) is 15.2. The molecular weight excluding hydrogens is 390 g/mol. The Morgan fingerprint density at radius 2 is 1.48 bits per heavy atom. The van der Waals surface area contributed by atoms with Crippen LogP contribution in [-0.2, 0) is 6.42 Å². The minimum Gasteiger partial charge on any atom is -0.460 e. The Kier molecular flexibility index (Phi) is 7.21. The topological polar surface area (TPSA) is 9.23 Å². The normalized spacial score (nSPS) is 21.4. The van der Waals surface area contributed by atoms with E-state index in [4.69, 9.17) is 0 Å². The molecule has 3 heteroatoms. The maximum absolute atomic E-state index is 14.1. The first-order valence-corrected chi connectivity index (χ1v) is 11.6. The van der Waals surface area contributed by atoms with Crippen molar-refractivity contribution in [1.82, 2.24) is 0 Å². The van der Waals surface area contributed by atoms with Crippen LogP contribution in [0.4, 0.5) is 8.78 Å². The van der Waals surface area contributed by atoms with Crippen LogP contribution in [0.15, 0.2) is 54.6 Å². The molecular formula is C28H32F2O. The molecule has 0 aliphatic heterocycles. The molecule has 0 fully saturated rings. The van der Waals surface area contributed by atoms with Gasteiger partial charge in [0.1, 0.15) is 0 Å². The highest BCUT2D eigenvalue weighted by molar-refractivity contribution is 5.68. The van der Waals surface area contributed by atoms with Crippen molar-refractivity contribution in [3.8, 4) is 5.75 Å². The van der Waals surface area contributed by atoms with Gasteiger partial charge in [0, 0.05) is 0 Å². The lowest BCUT2D eigenvalue weighted by molar-refractivity contribution is 0.184. The molecule has 1 nitrogen and oxygen atoms in total. The summed E-state index contributed by atoms with van der Waals surface area (Å²) in [6.07, 6.45) is 13.8. The molecule has 164 valence electrons. The van der Waals surface area contributed by atoms with Gasteiger partial charge in [-0.15, -0.1) is 0 Å². The largest absolute Gasteiger partial charge is 0.460 e. The third-order valence-corrected chi connectivity index (χ3v) is 6.95. The van der Waals surface area contributed by atoms with Gasteiger partial charge >= 0.3 is 0 Å². The van der Waals surface area contributed by atoms with Gasteiger partial charge in [-0.25, -0.2) is 8.78 Å². The summed E-state index contributed by atoms with van der Waals surface area (Å²) < 4.78 is 31.0. The number of aryl methyl sites for hydroxylation is 1. The van der Waals surface area contributed by atoms with E-state index in [0.717, 1.165) is 50.0 Å². The molecule has 2 aliphatic carbocycles. The Bertz CT molecular complexity index is 942. The minimum atomic E-state index is -1.01. The zero-order valence-electron chi connectivity index (χ0n) is 18.4. The van der Waals surface area contributed by atoms with Crippen LogP contribution >= 0.6 is 0 Å². The van der Waals surface area contributed by atoms with Gasteiger partial charge in [-0.2, -0.15) is 0 Å². The minimum absolute atomic E-state index is 0.0228. The smallest absolute Gasteiger partial charge is 0.228 e. The lowest BCUT2D eigenvalue weighted by Crippen LogP contribution is -2.19. The lowest BCUT2D eigenvalue weighted by Gasteiger charge is -2.32. The SMILES string of the molecule is CCCc1ccc(C2=CCC(C3CC=C(c4ccc(OCF)c(F)c4)CC3)CC2)cc1. The van der Waals surface area contributed by atoms with Crippen molar-refractivity contribution >= 4 is 11.1 Å². The average molecular weight is 423 g/mol. The first kappa shape index (κ1) is 21.8. The van der Waals surface area contributed by atoms with E-state index in [-0.39, 0.29) is 5.75 Å². The van der Waals surface area contributed by atoms with Crippen molar-refractivity contribution in [3.63, 3.8) is 0 Å². The maximum Gasteiger partial charge on any atom is 0.228 e. The Balaban J connectivity index is 1.35. The van der Waals surface area contributed by atoms with Gasteiger partial charge in [0.2, 0.25) is 6.86 Å². The molecule has 0 radical (unpaired) electrons. The summed E-state index contributed by atoms with van der Waals surface area (Å²) in [6.45, 7) is 1.21. The van der Waals surface area contributed by atoms with E-state index in [1.54, 1.807) is 0 Å². The van der Waals surface area contributed by atoms with Gasteiger partial charge in [0.05, 0.1) is 0 Å². The Labute approximate surface area is 184 Å². The second-order valence-electron chi connectivity index (χ2n) is 8.87. The summed E-state index contributed by atoms with van der Waals surface area (Å²) in [7, 11) is 0. The molecule has 0 bridgehead atoms. The van der Waals surface area contributed by atoms with Crippen molar-refractivity contribution < 1.29 is 13.5 Å². The van der Waals surface area contributed by atoms with Crippen molar-refractivity contribution in [2.45, 2.75) is 58.3 Å². The number of hydrogen-bond donors (Lipinski definition) is 0. The average Bonchev–Trinajstić information content (AvgIpc) is 2.82. The third-order valence-electron chi connectivity index (χ3n) is 6.95. The van der Waals surface area contributed by atoms with Crippen LogP contribution in [-0.4, -0.2) is 6.86 Å². The van der Waals surface area contributed by atoms with Crippen LogP contribution < -0.4 is 4.74 Å². The predicted octanol–water partition coefficient (Wildman–Crippen LogP) is 8.15. The van der Waals surface area contributed by atoms with Crippen LogP contribution in [0.5, 0.6) is 5.75 Å². The summed E-state index contributed by atoms with van der Waals surface area (Å²) in [6, 6.07) is 14.0. The molecule has 31 heavy (non-hydrogen) atoms. The highest BCUT2D eigenvalue weighted by atomic mass is 19.1. The predicted molar refractivity (Wildman–Crippen MR) is 124 cm³/mol. The van der Waals surface area contributed by atoms with Gasteiger partial charge in [-0.05, 0) is 96.8 Å². The van der Waals surface area contributed by atoms with E-state index in [1.807, 2.05) is 6.07 Å². The number of hydrogen-bond acceptors (Lipinski definition) is 1. The zero-order chi connectivity index (χ0) is 21.6. The number of rotatable bonds is 7. The molecule has 2 unspecified atom stereocenters. The number of allylic oxidation sites excluding steroid dienone is 4. The Morgan fingerprint density at radius 3 is 2.00 bits per heavy atom. The molecule has 2 aliphatic rings. The monoisotopic (exact) mass is 422 g/mol. The van der Waals surface area contributed by atoms with Gasteiger partial charge in [-0.3, -0.25) is 0 Å². The number of halogens is 2. The van der Waals surface area contributed by atoms with Crippen LogP contribution in [0.25, 0.3) is 11.1 Å². The van der Waals surface area contributed by atoms with E-state index in [1.165, 1.54) is 47.2 Å². The maximum atomic E-state index is 14.1. The zero-order valence-corrected chi connectivity index (χ0v) is 18.4. The molecule has 0 aromatic heterocycles. The van der Waals surface area contributed by atoms with E-state index < -0.39 is 12.7 Å². The first-order valence-electron chi connectivity index (χ1n) is 11.6. The molecule has 0 amide bonds. The summed E-state index contributed by atoms with van der Waals surface area (Å²) in [5, 5.41) is 0. The van der Waals surface area contributed by atoms with Crippen molar-refractivity contribution in [2.24, 2.45) is 11.8 Å². The summed E-state index contributed by atoms with van der Waals surface area (Å²) in [4.78, 5) is 0. The Morgan fingerprint density at radius 1 is 0.871 bits per heavy atom. The number of alkyl halides is 1. The molecule has 2 aromatic rings. The molecule has 0 N–H and O–H groups in total. The highest BCUT2D eigenvalue weighted by Gasteiger charge is 2.26. The van der Waals surface area contributed by atoms with Gasteiger partial charge in [0.15, 0.2) is 11.6 Å². The second kappa shape index (κ2) is 10.3. The fraction of sp³-hybridized carbons (Fsp3) is 0.429. The van der Waals surface area contributed by atoms with Crippen molar-refractivity contribution in [3.05, 3.63) is 77.1 Å². The molecule has 4 rings (SSSR count). The van der Waals surface area contributed by atoms with Gasteiger partial charge in [0.25, 0.3) is 0 Å². The molecule has 2 atom stereocenters. The summed E-state index contributed by atoms with van der Waals surface area (Å²) in [5.41, 5.74) is 6.39. The summed E-state index contributed by atoms with van der Waals surface area (Å²) >= 11 is 0. The second-order valence-corrected chi connectivity index (χ2v) is 8.87. The number of benzene rings is 2. The molecule has 2 aromatic carbocycles. The van der Waals surface area contributed by atoms with Crippen molar-refractivity contribution in [2.75, 3.05) is 6.86 Å². The summed E-state index contributed by atoms with van der Waals surface area (Å²) in [5.74, 6) is 0.918. The molecule has 0 spiro atoms. The Hall–Kier alpha value is -2.42. The highest BCUT2D eigenvalue weighted by Crippen LogP contribution is 2.41. The van der Waals surface area contributed by atoms with Crippen LogP contribution in [0.2, 0.25) is 0 Å². The van der Waals surface area contributed by atoms with Crippen LogP contribution in [0, 0.1) is 17.7 Å².